The van der Waals surface area contributed by atoms with Gasteiger partial charge in [0.1, 0.15) is 0 Å². The summed E-state index contributed by atoms with van der Waals surface area (Å²) in [7, 11) is -3.01. The van der Waals surface area contributed by atoms with Crippen LogP contribution < -0.4 is 0 Å². The normalized spacial score (nSPS) is 11.7. The first kappa shape index (κ1) is 16.9. The molecule has 0 saturated heterocycles. The molecule has 0 saturated carbocycles. The number of hydrogen-bond acceptors (Lipinski definition) is 3. The summed E-state index contributed by atoms with van der Waals surface area (Å²) in [5, 5.41) is 0.968. The van der Waals surface area contributed by atoms with E-state index < -0.39 is 7.60 Å². The van der Waals surface area contributed by atoms with Crippen molar-refractivity contribution in [2.45, 2.75) is 32.9 Å². The molecule has 0 spiro atoms. The van der Waals surface area contributed by atoms with Gasteiger partial charge in [-0.2, -0.15) is 0 Å². The van der Waals surface area contributed by atoms with Gasteiger partial charge in [0, 0.05) is 5.33 Å². The minimum Gasteiger partial charge on any atom is -0.309 e. The Kier molecular flexibility index (Phi) is 7.93. The fourth-order valence-corrected chi connectivity index (χ4v) is 3.99. The van der Waals surface area contributed by atoms with Gasteiger partial charge in [-0.1, -0.05) is 40.2 Å². The van der Waals surface area contributed by atoms with Crippen LogP contribution in [0, 0.1) is 0 Å². The third-order valence-electron chi connectivity index (χ3n) is 2.71. The molecular formula is C14H22BrO3P. The highest BCUT2D eigenvalue weighted by Gasteiger charge is 2.25. The number of alkyl halides is 1. The summed E-state index contributed by atoms with van der Waals surface area (Å²) >= 11 is 3.44. The Morgan fingerprint density at radius 2 is 1.68 bits per heavy atom. The third-order valence-corrected chi connectivity index (χ3v) is 5.31. The highest BCUT2D eigenvalue weighted by Crippen LogP contribution is 2.51. The molecule has 5 heteroatoms. The van der Waals surface area contributed by atoms with Crippen molar-refractivity contribution in [3.8, 4) is 0 Å². The topological polar surface area (TPSA) is 35.5 Å². The van der Waals surface area contributed by atoms with E-state index in [2.05, 4.69) is 22.0 Å². The molecule has 19 heavy (non-hydrogen) atoms. The molecule has 0 aliphatic carbocycles. The average molecular weight is 349 g/mol. The lowest BCUT2D eigenvalue weighted by Gasteiger charge is -2.18. The fourth-order valence-electron chi connectivity index (χ4n) is 1.94. The minimum absolute atomic E-state index is 0.354. The van der Waals surface area contributed by atoms with Crippen molar-refractivity contribution in [3.63, 3.8) is 0 Å². The van der Waals surface area contributed by atoms with Crippen molar-refractivity contribution in [1.82, 2.24) is 0 Å². The highest BCUT2D eigenvalue weighted by molar-refractivity contribution is 9.09. The van der Waals surface area contributed by atoms with Crippen molar-refractivity contribution < 1.29 is 13.6 Å². The van der Waals surface area contributed by atoms with E-state index in [1.54, 1.807) is 0 Å². The quantitative estimate of drug-likeness (QED) is 0.475. The van der Waals surface area contributed by atoms with Gasteiger partial charge in [-0.3, -0.25) is 4.57 Å². The van der Waals surface area contributed by atoms with Gasteiger partial charge in [0.15, 0.2) is 0 Å². The lowest BCUT2D eigenvalue weighted by molar-refractivity contribution is 0.219. The van der Waals surface area contributed by atoms with Gasteiger partial charge in [0.25, 0.3) is 0 Å². The van der Waals surface area contributed by atoms with Crippen molar-refractivity contribution in [2.24, 2.45) is 0 Å². The third kappa shape index (κ3) is 5.78. The second-order valence-corrected chi connectivity index (χ2v) is 7.01. The molecule has 108 valence electrons. The van der Waals surface area contributed by atoms with Crippen LogP contribution in [0.3, 0.4) is 0 Å². The van der Waals surface area contributed by atoms with Crippen LogP contribution in [-0.2, 0) is 26.2 Å². The second kappa shape index (κ2) is 8.91. The molecule has 0 fully saturated rings. The SMILES string of the molecule is CCOP(=O)(Cc1ccccc1CCCBr)OCC. The average Bonchev–Trinajstić information content (AvgIpc) is 2.38. The molecule has 0 bridgehead atoms. The van der Waals surface area contributed by atoms with Crippen LogP contribution in [0.2, 0.25) is 0 Å². The van der Waals surface area contributed by atoms with Gasteiger partial charge >= 0.3 is 7.60 Å². The van der Waals surface area contributed by atoms with E-state index in [1.165, 1.54) is 5.56 Å². The summed E-state index contributed by atoms with van der Waals surface area (Å²) in [6.07, 6.45) is 2.39. The second-order valence-electron chi connectivity index (χ2n) is 4.17. The van der Waals surface area contributed by atoms with Gasteiger partial charge in [0.05, 0.1) is 19.4 Å². The molecule has 1 rings (SSSR count). The molecule has 0 aliphatic rings. The monoisotopic (exact) mass is 348 g/mol. The van der Waals surface area contributed by atoms with Gasteiger partial charge in [0.2, 0.25) is 0 Å². The van der Waals surface area contributed by atoms with Crippen molar-refractivity contribution in [3.05, 3.63) is 35.4 Å². The van der Waals surface area contributed by atoms with E-state index in [0.29, 0.717) is 19.4 Å². The molecule has 0 amide bonds. The number of aryl methyl sites for hydroxylation is 1. The fraction of sp³-hybridized carbons (Fsp3) is 0.571. The predicted molar refractivity (Wildman–Crippen MR) is 83.1 cm³/mol. The Morgan fingerprint density at radius 1 is 1.11 bits per heavy atom. The van der Waals surface area contributed by atoms with Crippen LogP contribution >= 0.6 is 23.5 Å². The first-order valence-corrected chi connectivity index (χ1v) is 9.51. The maximum absolute atomic E-state index is 12.6. The maximum atomic E-state index is 12.6. The van der Waals surface area contributed by atoms with Crippen LogP contribution in [-0.4, -0.2) is 18.5 Å². The largest absolute Gasteiger partial charge is 0.335 e. The Labute approximate surface area is 124 Å². The van der Waals surface area contributed by atoms with E-state index in [-0.39, 0.29) is 0 Å². The Balaban J connectivity index is 2.86. The Bertz CT molecular complexity index is 413. The Hall–Kier alpha value is -0.150. The number of halogens is 1. The summed E-state index contributed by atoms with van der Waals surface area (Å²) in [5.41, 5.74) is 2.29. The van der Waals surface area contributed by atoms with Crippen LogP contribution in [0.1, 0.15) is 31.4 Å². The highest BCUT2D eigenvalue weighted by atomic mass is 79.9. The lowest BCUT2D eigenvalue weighted by atomic mass is 10.0. The molecule has 0 aliphatic heterocycles. The van der Waals surface area contributed by atoms with Gasteiger partial charge in [-0.15, -0.1) is 0 Å². The molecular weight excluding hydrogens is 327 g/mol. The predicted octanol–water partition coefficient (Wildman–Crippen LogP) is 4.78. The van der Waals surface area contributed by atoms with E-state index >= 15 is 0 Å². The van der Waals surface area contributed by atoms with Crippen LogP contribution in [0.15, 0.2) is 24.3 Å². The Morgan fingerprint density at radius 3 is 2.21 bits per heavy atom. The molecule has 0 N–H and O–H groups in total. The summed E-state index contributed by atoms with van der Waals surface area (Å²) in [6.45, 7) is 4.48. The smallest absolute Gasteiger partial charge is 0.309 e. The first-order valence-electron chi connectivity index (χ1n) is 6.66. The standard InChI is InChI=1S/C14H22BrO3P/c1-3-17-19(16,18-4-2)12-14-9-6-5-8-13(14)10-7-11-15/h5-6,8-9H,3-4,7,10-12H2,1-2H3. The van der Waals surface area contributed by atoms with Crippen molar-refractivity contribution in [2.75, 3.05) is 18.5 Å². The zero-order valence-electron chi connectivity index (χ0n) is 11.6. The molecule has 0 atom stereocenters. The zero-order chi connectivity index (χ0) is 14.1. The van der Waals surface area contributed by atoms with Gasteiger partial charge < -0.3 is 9.05 Å². The van der Waals surface area contributed by atoms with Crippen LogP contribution in [0.4, 0.5) is 0 Å². The zero-order valence-corrected chi connectivity index (χ0v) is 14.1. The van der Waals surface area contributed by atoms with E-state index in [4.69, 9.17) is 9.05 Å². The van der Waals surface area contributed by atoms with E-state index in [1.807, 2.05) is 32.0 Å². The molecule has 0 aromatic heterocycles. The molecule has 0 heterocycles. The van der Waals surface area contributed by atoms with E-state index in [0.717, 1.165) is 23.7 Å². The molecule has 0 radical (unpaired) electrons. The number of hydrogen-bond donors (Lipinski definition) is 0. The summed E-state index contributed by atoms with van der Waals surface area (Å²) < 4.78 is 23.3. The number of benzene rings is 1. The lowest BCUT2D eigenvalue weighted by Crippen LogP contribution is -2.02. The van der Waals surface area contributed by atoms with Gasteiger partial charge in [-0.05, 0) is 37.8 Å². The van der Waals surface area contributed by atoms with Crippen LogP contribution in [0.25, 0.3) is 0 Å². The number of rotatable bonds is 9. The molecule has 1 aromatic carbocycles. The summed E-state index contributed by atoms with van der Waals surface area (Å²) in [5.74, 6) is 0. The summed E-state index contributed by atoms with van der Waals surface area (Å²) in [6, 6.07) is 8.07. The van der Waals surface area contributed by atoms with E-state index in [9.17, 15) is 4.57 Å². The van der Waals surface area contributed by atoms with Crippen molar-refractivity contribution in [1.29, 1.82) is 0 Å². The summed E-state index contributed by atoms with van der Waals surface area (Å²) in [4.78, 5) is 0. The molecule has 3 nitrogen and oxygen atoms in total. The van der Waals surface area contributed by atoms with Crippen LogP contribution in [0.5, 0.6) is 0 Å². The van der Waals surface area contributed by atoms with Crippen molar-refractivity contribution >= 4 is 23.5 Å². The maximum Gasteiger partial charge on any atom is 0.335 e. The van der Waals surface area contributed by atoms with Gasteiger partial charge in [-0.25, -0.2) is 0 Å². The molecule has 1 aromatic rings. The minimum atomic E-state index is -3.01. The first-order chi connectivity index (χ1) is 9.15. The molecule has 0 unspecified atom stereocenters.